The maximum absolute atomic E-state index is 11.2. The lowest BCUT2D eigenvalue weighted by atomic mass is 9.89. The second-order valence-corrected chi connectivity index (χ2v) is 4.93. The van der Waals surface area contributed by atoms with E-state index in [1.54, 1.807) is 19.4 Å². The molecule has 0 saturated heterocycles. The average Bonchev–Trinajstić information content (AvgIpc) is 2.45. The van der Waals surface area contributed by atoms with Gasteiger partial charge < -0.3 is 10.5 Å². The summed E-state index contributed by atoms with van der Waals surface area (Å²) in [5.74, 6) is 0.774. The molecule has 0 spiro atoms. The van der Waals surface area contributed by atoms with Crippen LogP contribution in [0.3, 0.4) is 0 Å². The fourth-order valence-corrected chi connectivity index (χ4v) is 2.46. The molecule has 1 amide bonds. The van der Waals surface area contributed by atoms with Crippen LogP contribution in [-0.4, -0.2) is 18.0 Å². The maximum atomic E-state index is 11.2. The Morgan fingerprint density at radius 1 is 1.42 bits per heavy atom. The number of primary amides is 1. The molecule has 0 unspecified atom stereocenters. The number of nitrogens with two attached hydrogens (primary N) is 1. The van der Waals surface area contributed by atoms with Gasteiger partial charge in [0, 0.05) is 5.56 Å². The summed E-state index contributed by atoms with van der Waals surface area (Å²) in [5.41, 5.74) is 6.37. The molecule has 1 aliphatic carbocycles. The lowest BCUT2D eigenvalue weighted by Crippen LogP contribution is -2.13. The van der Waals surface area contributed by atoms with Gasteiger partial charge in [0.2, 0.25) is 0 Å². The minimum Gasteiger partial charge on any atom is -0.495 e. The van der Waals surface area contributed by atoms with Crippen molar-refractivity contribution >= 4 is 12.0 Å². The van der Waals surface area contributed by atoms with Gasteiger partial charge >= 0.3 is 0 Å². The van der Waals surface area contributed by atoms with Crippen LogP contribution < -0.4 is 10.5 Å². The summed E-state index contributed by atoms with van der Waals surface area (Å²) in [7, 11) is 1.60. The smallest absolute Gasteiger partial charge is 0.267 e. The van der Waals surface area contributed by atoms with Crippen LogP contribution in [-0.2, 0) is 0 Å². The molecule has 4 nitrogen and oxygen atoms in total. The highest BCUT2D eigenvalue weighted by Crippen LogP contribution is 2.27. The van der Waals surface area contributed by atoms with E-state index in [4.69, 9.17) is 10.5 Å². The topological polar surface area (TPSA) is 65.2 Å². The summed E-state index contributed by atoms with van der Waals surface area (Å²) >= 11 is 0. The molecule has 1 heterocycles. The molecule has 0 atom stereocenters. The summed E-state index contributed by atoms with van der Waals surface area (Å²) in [5, 5.41) is 0. The molecule has 4 heteroatoms. The van der Waals surface area contributed by atoms with Gasteiger partial charge in [-0.15, -0.1) is 0 Å². The van der Waals surface area contributed by atoms with Gasteiger partial charge in [-0.05, 0) is 24.8 Å². The zero-order valence-electron chi connectivity index (χ0n) is 11.3. The summed E-state index contributed by atoms with van der Waals surface area (Å²) in [6, 6.07) is 1.68. The summed E-state index contributed by atoms with van der Waals surface area (Å²) < 4.78 is 5.25. The number of allylic oxidation sites excluding steroid dienone is 1. The Morgan fingerprint density at radius 3 is 2.79 bits per heavy atom. The Kier molecular flexibility index (Phi) is 4.55. The molecule has 1 fully saturated rings. The Bertz CT molecular complexity index is 477. The van der Waals surface area contributed by atoms with Crippen molar-refractivity contribution in [2.45, 2.75) is 32.1 Å². The first-order valence-corrected chi connectivity index (χ1v) is 6.72. The average molecular weight is 260 g/mol. The maximum Gasteiger partial charge on any atom is 0.267 e. The number of rotatable bonds is 4. The Labute approximate surface area is 113 Å². The van der Waals surface area contributed by atoms with E-state index in [0.717, 1.165) is 5.56 Å². The van der Waals surface area contributed by atoms with Gasteiger partial charge in [-0.2, -0.15) is 0 Å². The van der Waals surface area contributed by atoms with E-state index in [1.165, 1.54) is 32.1 Å². The van der Waals surface area contributed by atoms with Crippen molar-refractivity contribution in [2.24, 2.45) is 11.7 Å². The predicted octanol–water partition coefficient (Wildman–Crippen LogP) is 2.78. The number of pyridine rings is 1. The molecule has 2 N–H and O–H groups in total. The van der Waals surface area contributed by atoms with E-state index < -0.39 is 5.91 Å². The first-order valence-electron chi connectivity index (χ1n) is 6.72. The van der Waals surface area contributed by atoms with E-state index in [1.807, 2.05) is 6.08 Å². The van der Waals surface area contributed by atoms with Crippen LogP contribution in [0.4, 0.5) is 0 Å². The minimum atomic E-state index is -0.519. The molecule has 0 radical (unpaired) electrons. The molecule has 102 valence electrons. The standard InChI is InChI=1S/C15H20N2O2/c1-19-14-10-17-13(15(16)18)9-12(14)8-7-11-5-3-2-4-6-11/h7-11H,2-6H2,1H3,(H2,16,18)/b8-7+. The molecule has 0 aliphatic heterocycles. The van der Waals surface area contributed by atoms with Crippen LogP contribution in [0, 0.1) is 5.92 Å². The fourth-order valence-electron chi connectivity index (χ4n) is 2.46. The van der Waals surface area contributed by atoms with Gasteiger partial charge in [-0.25, -0.2) is 4.98 Å². The third kappa shape index (κ3) is 3.56. The molecule has 1 aromatic heterocycles. The van der Waals surface area contributed by atoms with Crippen molar-refractivity contribution in [2.75, 3.05) is 7.11 Å². The molecule has 1 aromatic rings. The van der Waals surface area contributed by atoms with Crippen molar-refractivity contribution in [1.29, 1.82) is 0 Å². The van der Waals surface area contributed by atoms with Crippen molar-refractivity contribution in [3.8, 4) is 5.75 Å². The molecule has 0 bridgehead atoms. The monoisotopic (exact) mass is 260 g/mol. The number of hydrogen-bond acceptors (Lipinski definition) is 3. The van der Waals surface area contributed by atoms with Gasteiger partial charge in [0.1, 0.15) is 11.4 Å². The van der Waals surface area contributed by atoms with Crippen LogP contribution in [0.25, 0.3) is 6.08 Å². The number of hydrogen-bond donors (Lipinski definition) is 1. The number of aromatic nitrogens is 1. The van der Waals surface area contributed by atoms with Crippen molar-refractivity contribution in [3.63, 3.8) is 0 Å². The van der Waals surface area contributed by atoms with E-state index in [9.17, 15) is 4.79 Å². The van der Waals surface area contributed by atoms with Crippen molar-refractivity contribution < 1.29 is 9.53 Å². The number of carbonyl (C=O) groups is 1. The quantitative estimate of drug-likeness (QED) is 0.905. The van der Waals surface area contributed by atoms with Crippen molar-refractivity contribution in [1.82, 2.24) is 4.98 Å². The molecular formula is C15H20N2O2. The summed E-state index contributed by atoms with van der Waals surface area (Å²) in [6.45, 7) is 0. The zero-order valence-corrected chi connectivity index (χ0v) is 11.3. The lowest BCUT2D eigenvalue weighted by molar-refractivity contribution is 0.0995. The summed E-state index contributed by atoms with van der Waals surface area (Å²) in [4.78, 5) is 15.1. The van der Waals surface area contributed by atoms with Gasteiger partial charge in [0.25, 0.3) is 5.91 Å². The van der Waals surface area contributed by atoms with Crippen LogP contribution in [0.2, 0.25) is 0 Å². The number of methoxy groups -OCH3 is 1. The highest BCUT2D eigenvalue weighted by Gasteiger charge is 2.11. The highest BCUT2D eigenvalue weighted by molar-refractivity contribution is 5.91. The molecule has 0 aromatic carbocycles. The van der Waals surface area contributed by atoms with Crippen LogP contribution in [0.1, 0.15) is 48.2 Å². The van der Waals surface area contributed by atoms with Gasteiger partial charge in [0.15, 0.2) is 0 Å². The lowest BCUT2D eigenvalue weighted by Gasteiger charge is -2.17. The highest BCUT2D eigenvalue weighted by atomic mass is 16.5. The minimum absolute atomic E-state index is 0.268. The third-order valence-corrected chi connectivity index (χ3v) is 3.57. The second-order valence-electron chi connectivity index (χ2n) is 4.93. The molecule has 1 saturated carbocycles. The summed E-state index contributed by atoms with van der Waals surface area (Å²) in [6.07, 6.45) is 12.2. The molecule has 2 rings (SSSR count). The largest absolute Gasteiger partial charge is 0.495 e. The number of ether oxygens (including phenoxy) is 1. The van der Waals surface area contributed by atoms with Gasteiger partial charge in [-0.3, -0.25) is 4.79 Å². The number of nitrogens with zero attached hydrogens (tertiary/aromatic N) is 1. The molecule has 1 aliphatic rings. The zero-order chi connectivity index (χ0) is 13.7. The first kappa shape index (κ1) is 13.6. The Balaban J connectivity index is 2.18. The van der Waals surface area contributed by atoms with Crippen LogP contribution in [0.5, 0.6) is 5.75 Å². The van der Waals surface area contributed by atoms with Crippen LogP contribution >= 0.6 is 0 Å². The predicted molar refractivity (Wildman–Crippen MR) is 74.9 cm³/mol. The fraction of sp³-hybridized carbons (Fsp3) is 0.467. The Hall–Kier alpha value is -1.84. The van der Waals surface area contributed by atoms with Gasteiger partial charge in [0.05, 0.1) is 13.3 Å². The number of amides is 1. The van der Waals surface area contributed by atoms with Gasteiger partial charge in [-0.1, -0.05) is 31.4 Å². The van der Waals surface area contributed by atoms with E-state index in [0.29, 0.717) is 11.7 Å². The molecule has 19 heavy (non-hydrogen) atoms. The second kappa shape index (κ2) is 6.36. The van der Waals surface area contributed by atoms with E-state index >= 15 is 0 Å². The first-order chi connectivity index (χ1) is 9.20. The SMILES string of the molecule is COc1cnc(C(N)=O)cc1/C=C/C1CCCCC1. The molecular weight excluding hydrogens is 240 g/mol. The third-order valence-electron chi connectivity index (χ3n) is 3.57. The van der Waals surface area contributed by atoms with Crippen LogP contribution in [0.15, 0.2) is 18.3 Å². The normalized spacial score (nSPS) is 16.7. The Morgan fingerprint density at radius 2 is 2.16 bits per heavy atom. The van der Waals surface area contributed by atoms with E-state index in [-0.39, 0.29) is 5.69 Å². The van der Waals surface area contributed by atoms with Crippen molar-refractivity contribution in [3.05, 3.63) is 29.6 Å². The van der Waals surface area contributed by atoms with E-state index in [2.05, 4.69) is 11.1 Å². The number of carbonyl (C=O) groups excluding carboxylic acids is 1.